The van der Waals surface area contributed by atoms with Gasteiger partial charge in [0.15, 0.2) is 0 Å². The minimum absolute atomic E-state index is 0.367. The van der Waals surface area contributed by atoms with Crippen LogP contribution in [0.1, 0.15) is 31.0 Å². The third-order valence-electron chi connectivity index (χ3n) is 2.73. The van der Waals surface area contributed by atoms with Gasteiger partial charge in [-0.2, -0.15) is 0 Å². The molecule has 84 valence electrons. The van der Waals surface area contributed by atoms with Crippen molar-refractivity contribution in [3.63, 3.8) is 0 Å². The predicted molar refractivity (Wildman–Crippen MR) is 70.0 cm³/mol. The Balaban J connectivity index is 2.77. The molecule has 2 N–H and O–H groups in total. The van der Waals surface area contributed by atoms with E-state index in [1.165, 1.54) is 0 Å². The van der Waals surface area contributed by atoms with E-state index >= 15 is 0 Å². The second kappa shape index (κ2) is 3.95. The molecule has 0 atom stereocenters. The van der Waals surface area contributed by atoms with Gasteiger partial charge in [0.2, 0.25) is 0 Å². The number of fused-ring (bicyclic) bond motifs is 1. The zero-order valence-electron chi connectivity index (χ0n) is 9.71. The molecule has 0 amide bonds. The van der Waals surface area contributed by atoms with Crippen LogP contribution >= 0.6 is 11.6 Å². The summed E-state index contributed by atoms with van der Waals surface area (Å²) in [5, 5.41) is 1.71. The number of aryl methyl sites for hydroxylation is 1. The molecule has 16 heavy (non-hydrogen) atoms. The number of nitrogens with zero attached hydrogens (tertiary/aromatic N) is 1. The number of rotatable bonds is 1. The summed E-state index contributed by atoms with van der Waals surface area (Å²) in [5.74, 6) is 0.367. The molecule has 0 aliphatic carbocycles. The molecular weight excluding hydrogens is 220 g/mol. The number of aromatic nitrogens is 1. The molecular formula is C13H15ClN2. The van der Waals surface area contributed by atoms with Crippen LogP contribution in [0, 0.1) is 6.92 Å². The molecule has 2 aromatic rings. The van der Waals surface area contributed by atoms with E-state index in [9.17, 15) is 0 Å². The van der Waals surface area contributed by atoms with Crippen LogP contribution in [0.5, 0.6) is 0 Å². The lowest BCUT2D eigenvalue weighted by molar-refractivity contribution is 0.830. The summed E-state index contributed by atoms with van der Waals surface area (Å²) in [6.07, 6.45) is 0. The first-order chi connectivity index (χ1) is 7.49. The fraction of sp³-hybridized carbons (Fsp3) is 0.308. The summed E-state index contributed by atoms with van der Waals surface area (Å²) in [5.41, 5.74) is 9.71. The molecule has 0 radical (unpaired) electrons. The highest BCUT2D eigenvalue weighted by Crippen LogP contribution is 2.28. The summed E-state index contributed by atoms with van der Waals surface area (Å²) >= 11 is 6.09. The van der Waals surface area contributed by atoms with Crippen LogP contribution in [0.15, 0.2) is 18.2 Å². The van der Waals surface area contributed by atoms with Gasteiger partial charge in [-0.1, -0.05) is 25.4 Å². The highest BCUT2D eigenvalue weighted by Gasteiger charge is 2.08. The third kappa shape index (κ3) is 1.85. The maximum Gasteiger partial charge on any atom is 0.0741 e. The lowest BCUT2D eigenvalue weighted by Gasteiger charge is -2.10. The number of halogens is 1. The van der Waals surface area contributed by atoms with Crippen LogP contribution in [-0.4, -0.2) is 4.98 Å². The summed E-state index contributed by atoms with van der Waals surface area (Å²) < 4.78 is 0. The van der Waals surface area contributed by atoms with E-state index < -0.39 is 0 Å². The third-order valence-corrected chi connectivity index (χ3v) is 3.14. The standard InChI is InChI=1S/C13H15ClN2/c1-7(2)12-6-11(15)9-4-8(3)10(14)5-13(9)16-12/h4-7H,1-3H3,(H2,15,16). The lowest BCUT2D eigenvalue weighted by atomic mass is 10.1. The van der Waals surface area contributed by atoms with Crippen molar-refractivity contribution >= 4 is 28.2 Å². The maximum absolute atomic E-state index is 6.09. The maximum atomic E-state index is 6.09. The molecule has 0 saturated heterocycles. The van der Waals surface area contributed by atoms with E-state index in [1.54, 1.807) is 0 Å². The second-order valence-corrected chi connectivity index (χ2v) is 4.82. The first kappa shape index (κ1) is 11.2. The number of nitrogen functional groups attached to an aromatic ring is 1. The Labute approximate surface area is 100 Å². The topological polar surface area (TPSA) is 38.9 Å². The SMILES string of the molecule is Cc1cc2c(N)cc(C(C)C)nc2cc1Cl. The molecule has 0 unspecified atom stereocenters. The highest BCUT2D eigenvalue weighted by molar-refractivity contribution is 6.32. The largest absolute Gasteiger partial charge is 0.398 e. The predicted octanol–water partition coefficient (Wildman–Crippen LogP) is 3.90. The van der Waals surface area contributed by atoms with Crippen LogP contribution in [0.3, 0.4) is 0 Å². The van der Waals surface area contributed by atoms with Crippen LogP contribution in [0.2, 0.25) is 5.02 Å². The molecule has 1 aromatic carbocycles. The summed E-state index contributed by atoms with van der Waals surface area (Å²) in [7, 11) is 0. The Kier molecular flexibility index (Phi) is 2.76. The molecule has 0 aliphatic heterocycles. The van der Waals surface area contributed by atoms with Gasteiger partial charge in [-0.05, 0) is 36.6 Å². The quantitative estimate of drug-likeness (QED) is 0.813. The zero-order valence-corrected chi connectivity index (χ0v) is 10.5. The van der Waals surface area contributed by atoms with Gasteiger partial charge in [0.1, 0.15) is 0 Å². The molecule has 1 aromatic heterocycles. The van der Waals surface area contributed by atoms with Crippen molar-refractivity contribution in [2.45, 2.75) is 26.7 Å². The van der Waals surface area contributed by atoms with Crippen molar-refractivity contribution < 1.29 is 0 Å². The average Bonchev–Trinajstić information content (AvgIpc) is 2.20. The molecule has 3 heteroatoms. The fourth-order valence-corrected chi connectivity index (χ4v) is 1.86. The van der Waals surface area contributed by atoms with Gasteiger partial charge in [0.05, 0.1) is 5.52 Å². The Morgan fingerprint density at radius 2 is 1.94 bits per heavy atom. The van der Waals surface area contributed by atoms with Crippen LogP contribution in [0.4, 0.5) is 5.69 Å². The Bertz CT molecular complexity index is 547. The smallest absolute Gasteiger partial charge is 0.0741 e. The van der Waals surface area contributed by atoms with Crippen molar-refractivity contribution in [3.05, 3.63) is 34.5 Å². The van der Waals surface area contributed by atoms with Gasteiger partial charge in [0, 0.05) is 21.8 Å². The van der Waals surface area contributed by atoms with Gasteiger partial charge < -0.3 is 5.73 Å². The van der Waals surface area contributed by atoms with Gasteiger partial charge in [-0.25, -0.2) is 0 Å². The summed E-state index contributed by atoms with van der Waals surface area (Å²) in [4.78, 5) is 4.57. The molecule has 0 spiro atoms. The Hall–Kier alpha value is -1.28. The van der Waals surface area contributed by atoms with Crippen molar-refractivity contribution in [1.29, 1.82) is 0 Å². The second-order valence-electron chi connectivity index (χ2n) is 4.41. The number of nitrogens with two attached hydrogens (primary N) is 1. The number of hydrogen-bond acceptors (Lipinski definition) is 2. The monoisotopic (exact) mass is 234 g/mol. The number of hydrogen-bond donors (Lipinski definition) is 1. The van der Waals surface area contributed by atoms with Crippen molar-refractivity contribution in [1.82, 2.24) is 4.98 Å². The minimum Gasteiger partial charge on any atom is -0.398 e. The van der Waals surface area contributed by atoms with Crippen molar-refractivity contribution in [3.8, 4) is 0 Å². The van der Waals surface area contributed by atoms with Crippen LogP contribution < -0.4 is 5.73 Å². The summed E-state index contributed by atoms with van der Waals surface area (Å²) in [6.45, 7) is 6.17. The molecule has 1 heterocycles. The Morgan fingerprint density at radius 1 is 1.25 bits per heavy atom. The van der Waals surface area contributed by atoms with E-state index in [0.717, 1.165) is 32.9 Å². The van der Waals surface area contributed by atoms with Crippen LogP contribution in [-0.2, 0) is 0 Å². The molecule has 0 bridgehead atoms. The lowest BCUT2D eigenvalue weighted by Crippen LogP contribution is -1.98. The van der Waals surface area contributed by atoms with Crippen molar-refractivity contribution in [2.75, 3.05) is 5.73 Å². The molecule has 0 fully saturated rings. The Morgan fingerprint density at radius 3 is 2.56 bits per heavy atom. The molecule has 0 aliphatic rings. The van der Waals surface area contributed by atoms with Crippen LogP contribution in [0.25, 0.3) is 10.9 Å². The first-order valence-electron chi connectivity index (χ1n) is 5.35. The summed E-state index contributed by atoms with van der Waals surface area (Å²) in [6, 6.07) is 5.82. The first-order valence-corrected chi connectivity index (χ1v) is 5.73. The van der Waals surface area contributed by atoms with E-state index in [0.29, 0.717) is 5.92 Å². The molecule has 0 saturated carbocycles. The zero-order chi connectivity index (χ0) is 11.9. The van der Waals surface area contributed by atoms with E-state index in [4.69, 9.17) is 17.3 Å². The average molecular weight is 235 g/mol. The van der Waals surface area contributed by atoms with Gasteiger partial charge >= 0.3 is 0 Å². The number of pyridine rings is 1. The molecule has 2 nitrogen and oxygen atoms in total. The highest BCUT2D eigenvalue weighted by atomic mass is 35.5. The van der Waals surface area contributed by atoms with E-state index in [1.807, 2.05) is 25.1 Å². The van der Waals surface area contributed by atoms with E-state index in [-0.39, 0.29) is 0 Å². The number of benzene rings is 1. The van der Waals surface area contributed by atoms with Gasteiger partial charge in [0.25, 0.3) is 0 Å². The fourth-order valence-electron chi connectivity index (χ4n) is 1.70. The molecule has 2 rings (SSSR count). The minimum atomic E-state index is 0.367. The normalized spacial score (nSPS) is 11.3. The van der Waals surface area contributed by atoms with Gasteiger partial charge in [-0.3, -0.25) is 4.98 Å². The van der Waals surface area contributed by atoms with Gasteiger partial charge in [-0.15, -0.1) is 0 Å². The number of anilines is 1. The van der Waals surface area contributed by atoms with E-state index in [2.05, 4.69) is 18.8 Å². The van der Waals surface area contributed by atoms with Crippen molar-refractivity contribution in [2.24, 2.45) is 0 Å².